The summed E-state index contributed by atoms with van der Waals surface area (Å²) in [4.78, 5) is 10.8. The molecule has 0 saturated heterocycles. The number of rotatable bonds is 5. The number of benzene rings is 2. The van der Waals surface area contributed by atoms with Crippen LogP contribution in [-0.4, -0.2) is 31.6 Å². The van der Waals surface area contributed by atoms with Crippen LogP contribution < -0.4 is 0 Å². The first-order chi connectivity index (χ1) is 11.2. The van der Waals surface area contributed by atoms with Crippen LogP contribution >= 0.6 is 11.8 Å². The third kappa shape index (κ3) is 3.24. The number of carboxylic acid groups (broad SMARTS) is 1. The Hall–Kier alpha value is -2.67. The van der Waals surface area contributed by atoms with Crippen molar-refractivity contribution in [3.63, 3.8) is 0 Å². The second-order valence-electron chi connectivity index (χ2n) is 4.64. The molecule has 23 heavy (non-hydrogen) atoms. The number of aliphatic carboxylic acids is 1. The van der Waals surface area contributed by atoms with Crippen LogP contribution in [0.25, 0.3) is 17.1 Å². The topological polar surface area (TPSA) is 68.0 Å². The number of carbonyl (C=O) groups is 1. The number of carboxylic acids is 1. The van der Waals surface area contributed by atoms with Gasteiger partial charge in [0.2, 0.25) is 0 Å². The van der Waals surface area contributed by atoms with Crippen molar-refractivity contribution in [2.75, 3.05) is 5.75 Å². The molecule has 1 heterocycles. The van der Waals surface area contributed by atoms with Gasteiger partial charge >= 0.3 is 5.97 Å². The largest absolute Gasteiger partial charge is 0.481 e. The van der Waals surface area contributed by atoms with Gasteiger partial charge in [-0.1, -0.05) is 42.1 Å². The Kier molecular flexibility index (Phi) is 4.38. The van der Waals surface area contributed by atoms with Crippen LogP contribution in [0.3, 0.4) is 0 Å². The Bertz CT molecular complexity index is 836. The van der Waals surface area contributed by atoms with E-state index >= 15 is 0 Å². The molecule has 3 rings (SSSR count). The molecule has 0 aliphatic rings. The van der Waals surface area contributed by atoms with Crippen molar-refractivity contribution in [3.05, 3.63) is 60.4 Å². The SMILES string of the molecule is O=C(O)CSc1nnc(-c2ccccc2F)n1-c1ccccc1. The van der Waals surface area contributed by atoms with E-state index in [1.165, 1.54) is 6.07 Å². The quantitative estimate of drug-likeness (QED) is 0.728. The summed E-state index contributed by atoms with van der Waals surface area (Å²) in [6, 6.07) is 15.5. The Labute approximate surface area is 135 Å². The van der Waals surface area contributed by atoms with Crippen LogP contribution in [0.15, 0.2) is 59.8 Å². The van der Waals surface area contributed by atoms with Crippen LogP contribution in [-0.2, 0) is 4.79 Å². The maximum absolute atomic E-state index is 14.1. The first-order valence-corrected chi connectivity index (χ1v) is 7.75. The normalized spacial score (nSPS) is 10.7. The van der Waals surface area contributed by atoms with Crippen LogP contribution in [0.1, 0.15) is 0 Å². The lowest BCUT2D eigenvalue weighted by molar-refractivity contribution is -0.133. The Morgan fingerprint density at radius 3 is 2.48 bits per heavy atom. The average molecular weight is 329 g/mol. The predicted molar refractivity (Wildman–Crippen MR) is 85.1 cm³/mol. The highest BCUT2D eigenvalue weighted by atomic mass is 32.2. The maximum Gasteiger partial charge on any atom is 0.313 e. The van der Waals surface area contributed by atoms with Crippen molar-refractivity contribution < 1.29 is 14.3 Å². The van der Waals surface area contributed by atoms with E-state index in [0.717, 1.165) is 17.4 Å². The highest BCUT2D eigenvalue weighted by Gasteiger charge is 2.19. The summed E-state index contributed by atoms with van der Waals surface area (Å²) in [5, 5.41) is 17.4. The average Bonchev–Trinajstić information content (AvgIpc) is 2.98. The highest BCUT2D eigenvalue weighted by Crippen LogP contribution is 2.29. The van der Waals surface area contributed by atoms with E-state index in [2.05, 4.69) is 10.2 Å². The molecule has 5 nitrogen and oxygen atoms in total. The van der Waals surface area contributed by atoms with Crippen molar-refractivity contribution in [1.29, 1.82) is 0 Å². The summed E-state index contributed by atoms with van der Waals surface area (Å²) >= 11 is 1.04. The first-order valence-electron chi connectivity index (χ1n) is 6.77. The molecular weight excluding hydrogens is 317 g/mol. The minimum atomic E-state index is -0.954. The van der Waals surface area contributed by atoms with Crippen LogP contribution in [0.4, 0.5) is 4.39 Å². The van der Waals surface area contributed by atoms with Gasteiger partial charge in [-0.3, -0.25) is 9.36 Å². The van der Waals surface area contributed by atoms with Gasteiger partial charge < -0.3 is 5.11 Å². The van der Waals surface area contributed by atoms with Crippen molar-refractivity contribution >= 4 is 17.7 Å². The molecule has 2 aromatic carbocycles. The van der Waals surface area contributed by atoms with Crippen LogP contribution in [0.2, 0.25) is 0 Å². The fraction of sp³-hybridized carbons (Fsp3) is 0.0625. The minimum Gasteiger partial charge on any atom is -0.481 e. The zero-order valence-corrected chi connectivity index (χ0v) is 12.7. The third-order valence-electron chi connectivity index (χ3n) is 3.09. The Balaban J connectivity index is 2.14. The molecule has 0 atom stereocenters. The number of para-hydroxylation sites is 1. The monoisotopic (exact) mass is 329 g/mol. The summed E-state index contributed by atoms with van der Waals surface area (Å²) in [5.41, 5.74) is 1.05. The lowest BCUT2D eigenvalue weighted by Gasteiger charge is -2.10. The van der Waals surface area contributed by atoms with E-state index < -0.39 is 11.8 Å². The van der Waals surface area contributed by atoms with Gasteiger partial charge in [0.25, 0.3) is 0 Å². The molecule has 7 heteroatoms. The number of hydrogen-bond donors (Lipinski definition) is 1. The Morgan fingerprint density at radius 1 is 1.09 bits per heavy atom. The van der Waals surface area contributed by atoms with Crippen molar-refractivity contribution in [3.8, 4) is 17.1 Å². The second-order valence-corrected chi connectivity index (χ2v) is 5.58. The summed E-state index contributed by atoms with van der Waals surface area (Å²) in [5.74, 6) is -1.18. The van der Waals surface area contributed by atoms with E-state index in [-0.39, 0.29) is 5.75 Å². The summed E-state index contributed by atoms with van der Waals surface area (Å²) in [7, 11) is 0. The molecule has 1 N–H and O–H groups in total. The van der Waals surface area contributed by atoms with E-state index in [1.807, 2.05) is 30.3 Å². The molecular formula is C16H12FN3O2S. The van der Waals surface area contributed by atoms with Gasteiger partial charge in [0.15, 0.2) is 11.0 Å². The summed E-state index contributed by atoms with van der Waals surface area (Å²) in [6.45, 7) is 0. The zero-order valence-electron chi connectivity index (χ0n) is 11.9. The van der Waals surface area contributed by atoms with Gasteiger partial charge in [0, 0.05) is 5.69 Å². The molecule has 0 saturated carbocycles. The van der Waals surface area contributed by atoms with Crippen LogP contribution in [0.5, 0.6) is 0 Å². The number of aromatic nitrogens is 3. The van der Waals surface area contributed by atoms with E-state index in [1.54, 1.807) is 22.8 Å². The van der Waals surface area contributed by atoms with Crippen molar-refractivity contribution in [2.24, 2.45) is 0 Å². The molecule has 0 aliphatic heterocycles. The first kappa shape index (κ1) is 15.2. The van der Waals surface area contributed by atoms with Crippen molar-refractivity contribution in [1.82, 2.24) is 14.8 Å². The van der Waals surface area contributed by atoms with E-state index in [4.69, 9.17) is 5.11 Å². The molecule has 0 radical (unpaired) electrons. The predicted octanol–water partition coefficient (Wildman–Crippen LogP) is 3.25. The van der Waals surface area contributed by atoms with Crippen LogP contribution in [0, 0.1) is 5.82 Å². The Morgan fingerprint density at radius 2 is 1.78 bits per heavy atom. The van der Waals surface area contributed by atoms with Gasteiger partial charge in [-0.2, -0.15) is 0 Å². The van der Waals surface area contributed by atoms with Gasteiger partial charge in [-0.15, -0.1) is 10.2 Å². The number of nitrogens with zero attached hydrogens (tertiary/aromatic N) is 3. The van der Waals surface area contributed by atoms with Gasteiger partial charge in [0.1, 0.15) is 5.82 Å². The number of halogens is 1. The molecule has 0 unspecified atom stereocenters. The lowest BCUT2D eigenvalue weighted by atomic mass is 10.2. The van der Waals surface area contributed by atoms with E-state index in [0.29, 0.717) is 16.5 Å². The minimum absolute atomic E-state index is 0.151. The third-order valence-corrected chi connectivity index (χ3v) is 4.00. The fourth-order valence-corrected chi connectivity index (χ4v) is 2.79. The lowest BCUT2D eigenvalue weighted by Crippen LogP contribution is -2.03. The standard InChI is InChI=1S/C16H12FN3O2S/c17-13-9-5-4-8-12(13)15-18-19-16(23-10-14(21)22)20(15)11-6-2-1-3-7-11/h1-9H,10H2,(H,21,22). The molecule has 0 spiro atoms. The number of hydrogen-bond acceptors (Lipinski definition) is 4. The van der Waals surface area contributed by atoms with Gasteiger partial charge in [0.05, 0.1) is 11.3 Å². The van der Waals surface area contributed by atoms with Gasteiger partial charge in [-0.05, 0) is 24.3 Å². The molecule has 1 aromatic heterocycles. The summed E-state index contributed by atoms with van der Waals surface area (Å²) < 4.78 is 15.8. The molecule has 3 aromatic rings. The van der Waals surface area contributed by atoms with Crippen molar-refractivity contribution in [2.45, 2.75) is 5.16 Å². The number of thioether (sulfide) groups is 1. The van der Waals surface area contributed by atoms with Gasteiger partial charge in [-0.25, -0.2) is 4.39 Å². The zero-order chi connectivity index (χ0) is 16.2. The smallest absolute Gasteiger partial charge is 0.313 e. The second kappa shape index (κ2) is 6.62. The fourth-order valence-electron chi connectivity index (χ4n) is 2.12. The van der Waals surface area contributed by atoms with E-state index in [9.17, 15) is 9.18 Å². The highest BCUT2D eigenvalue weighted by molar-refractivity contribution is 7.99. The molecule has 0 aliphatic carbocycles. The maximum atomic E-state index is 14.1. The molecule has 0 amide bonds. The molecule has 0 fully saturated rings. The molecule has 116 valence electrons. The molecule has 0 bridgehead atoms. The summed E-state index contributed by atoms with van der Waals surface area (Å²) in [6.07, 6.45) is 0.